The van der Waals surface area contributed by atoms with E-state index in [1.807, 2.05) is 58.0 Å². The zero-order valence-electron chi connectivity index (χ0n) is 16.7. The largest absolute Gasteiger partial charge is 0.352 e. The number of rotatable bonds is 8. The molecule has 0 heterocycles. The lowest BCUT2D eigenvalue weighted by Gasteiger charge is -2.24. The van der Waals surface area contributed by atoms with Gasteiger partial charge in [0.15, 0.2) is 0 Å². The molecule has 0 aliphatic carbocycles. The summed E-state index contributed by atoms with van der Waals surface area (Å²) in [6, 6.07) is 17.1. The summed E-state index contributed by atoms with van der Waals surface area (Å²) in [4.78, 5) is 25.2. The van der Waals surface area contributed by atoms with Crippen LogP contribution >= 0.6 is 0 Å². The first kappa shape index (κ1) is 20.7. The summed E-state index contributed by atoms with van der Waals surface area (Å²) in [6.45, 7) is 7.85. The summed E-state index contributed by atoms with van der Waals surface area (Å²) in [5.41, 5.74) is 2.92. The van der Waals surface area contributed by atoms with Crippen LogP contribution in [0, 0.1) is 12.8 Å². The van der Waals surface area contributed by atoms with Crippen molar-refractivity contribution in [1.29, 1.82) is 0 Å². The number of benzene rings is 2. The molecule has 0 saturated carbocycles. The number of carbonyl (C=O) groups is 2. The van der Waals surface area contributed by atoms with Gasteiger partial charge in [0.25, 0.3) is 5.91 Å². The zero-order chi connectivity index (χ0) is 19.8. The summed E-state index contributed by atoms with van der Waals surface area (Å²) in [6.07, 6.45) is 1.76. The molecule has 0 aliphatic heterocycles. The van der Waals surface area contributed by atoms with Crippen molar-refractivity contribution in [2.45, 2.75) is 52.6 Å². The molecule has 0 saturated heterocycles. The zero-order valence-corrected chi connectivity index (χ0v) is 16.7. The molecule has 27 heavy (non-hydrogen) atoms. The Morgan fingerprint density at radius 3 is 2.11 bits per heavy atom. The molecule has 0 radical (unpaired) electrons. The fraction of sp³-hybridized carbons (Fsp3) is 0.391. The van der Waals surface area contributed by atoms with Crippen LogP contribution in [-0.4, -0.2) is 23.9 Å². The number of nitrogens with one attached hydrogen (secondary N) is 2. The topological polar surface area (TPSA) is 58.2 Å². The van der Waals surface area contributed by atoms with Gasteiger partial charge in [0.1, 0.15) is 6.04 Å². The minimum Gasteiger partial charge on any atom is -0.352 e. The first-order valence-corrected chi connectivity index (χ1v) is 9.58. The molecule has 0 bridgehead atoms. The van der Waals surface area contributed by atoms with Gasteiger partial charge in [-0.3, -0.25) is 9.59 Å². The van der Waals surface area contributed by atoms with E-state index in [0.717, 1.165) is 18.4 Å². The van der Waals surface area contributed by atoms with Crippen LogP contribution in [-0.2, 0) is 11.2 Å². The molecule has 2 rings (SSSR count). The molecule has 2 aromatic rings. The molecular formula is C23H30N2O2. The van der Waals surface area contributed by atoms with Crippen molar-refractivity contribution in [3.05, 3.63) is 71.3 Å². The molecule has 0 aromatic heterocycles. The molecule has 4 heteroatoms. The Morgan fingerprint density at radius 2 is 1.52 bits per heavy atom. The van der Waals surface area contributed by atoms with Crippen LogP contribution in [0.25, 0.3) is 0 Å². The SMILES string of the molecule is Cc1ccc(C(=O)NC(C(=O)NC(C)CCc2ccccc2)C(C)C)cc1. The van der Waals surface area contributed by atoms with Crippen molar-refractivity contribution in [3.8, 4) is 0 Å². The van der Waals surface area contributed by atoms with Crippen LogP contribution in [0.15, 0.2) is 54.6 Å². The summed E-state index contributed by atoms with van der Waals surface area (Å²) in [5, 5.41) is 5.92. The number of amides is 2. The van der Waals surface area contributed by atoms with E-state index in [4.69, 9.17) is 0 Å². The second-order valence-corrected chi connectivity index (χ2v) is 7.50. The highest BCUT2D eigenvalue weighted by atomic mass is 16.2. The molecule has 4 nitrogen and oxygen atoms in total. The molecular weight excluding hydrogens is 336 g/mol. The Balaban J connectivity index is 1.91. The highest BCUT2D eigenvalue weighted by molar-refractivity contribution is 5.97. The maximum absolute atomic E-state index is 12.7. The van der Waals surface area contributed by atoms with Gasteiger partial charge < -0.3 is 10.6 Å². The standard InChI is InChI=1S/C23H30N2O2/c1-16(2)21(25-22(26)20-14-10-17(3)11-15-20)23(27)24-18(4)12-13-19-8-6-5-7-9-19/h5-11,14-16,18,21H,12-13H2,1-4H3,(H,24,27)(H,25,26). The maximum Gasteiger partial charge on any atom is 0.251 e. The third kappa shape index (κ3) is 6.55. The van der Waals surface area contributed by atoms with Gasteiger partial charge in [0.05, 0.1) is 0 Å². The quantitative estimate of drug-likeness (QED) is 0.745. The van der Waals surface area contributed by atoms with Crippen LogP contribution in [0.4, 0.5) is 0 Å². The van der Waals surface area contributed by atoms with Crippen LogP contribution in [0.1, 0.15) is 48.7 Å². The van der Waals surface area contributed by atoms with Gasteiger partial charge in [-0.05, 0) is 50.3 Å². The number of hydrogen-bond acceptors (Lipinski definition) is 2. The molecule has 0 spiro atoms. The predicted octanol–water partition coefficient (Wildman–Crippen LogP) is 3.89. The molecule has 2 atom stereocenters. The van der Waals surface area contributed by atoms with Crippen molar-refractivity contribution in [3.63, 3.8) is 0 Å². The average Bonchev–Trinajstić information content (AvgIpc) is 2.65. The van der Waals surface area contributed by atoms with Crippen LogP contribution in [0.2, 0.25) is 0 Å². The monoisotopic (exact) mass is 366 g/mol. The van der Waals surface area contributed by atoms with E-state index in [1.54, 1.807) is 12.1 Å². The van der Waals surface area contributed by atoms with E-state index in [-0.39, 0.29) is 23.8 Å². The molecule has 144 valence electrons. The van der Waals surface area contributed by atoms with Crippen molar-refractivity contribution in [2.75, 3.05) is 0 Å². The molecule has 2 unspecified atom stereocenters. The van der Waals surface area contributed by atoms with Gasteiger partial charge in [0.2, 0.25) is 5.91 Å². The van der Waals surface area contributed by atoms with Crippen LogP contribution in [0.3, 0.4) is 0 Å². The summed E-state index contributed by atoms with van der Waals surface area (Å²) >= 11 is 0. The van der Waals surface area contributed by atoms with Gasteiger partial charge in [0, 0.05) is 11.6 Å². The van der Waals surface area contributed by atoms with E-state index in [1.165, 1.54) is 5.56 Å². The lowest BCUT2D eigenvalue weighted by atomic mass is 10.0. The Hall–Kier alpha value is -2.62. The first-order chi connectivity index (χ1) is 12.9. The lowest BCUT2D eigenvalue weighted by molar-refractivity contribution is -0.124. The van der Waals surface area contributed by atoms with Gasteiger partial charge in [-0.15, -0.1) is 0 Å². The van der Waals surface area contributed by atoms with Gasteiger partial charge >= 0.3 is 0 Å². The van der Waals surface area contributed by atoms with E-state index < -0.39 is 6.04 Å². The third-order valence-corrected chi connectivity index (χ3v) is 4.65. The Morgan fingerprint density at radius 1 is 0.889 bits per heavy atom. The van der Waals surface area contributed by atoms with Crippen LogP contribution in [0.5, 0.6) is 0 Å². The Labute approximate surface area is 162 Å². The summed E-state index contributed by atoms with van der Waals surface area (Å²) < 4.78 is 0. The minimum atomic E-state index is -0.557. The number of carbonyl (C=O) groups excluding carboxylic acids is 2. The normalized spacial score (nSPS) is 13.1. The molecule has 2 aromatic carbocycles. The lowest BCUT2D eigenvalue weighted by Crippen LogP contribution is -2.51. The average molecular weight is 367 g/mol. The highest BCUT2D eigenvalue weighted by Crippen LogP contribution is 2.09. The molecule has 2 amide bonds. The van der Waals surface area contributed by atoms with E-state index in [0.29, 0.717) is 5.56 Å². The second-order valence-electron chi connectivity index (χ2n) is 7.50. The second kappa shape index (κ2) is 9.91. The summed E-state index contributed by atoms with van der Waals surface area (Å²) in [7, 11) is 0. The van der Waals surface area contributed by atoms with Gasteiger partial charge in [-0.25, -0.2) is 0 Å². The Bertz CT molecular complexity index is 739. The number of hydrogen-bond donors (Lipinski definition) is 2. The summed E-state index contributed by atoms with van der Waals surface area (Å²) in [5.74, 6) is -0.354. The minimum absolute atomic E-state index is 0.000668. The fourth-order valence-electron chi connectivity index (χ4n) is 2.90. The molecule has 2 N–H and O–H groups in total. The molecule has 0 aliphatic rings. The van der Waals surface area contributed by atoms with Crippen molar-refractivity contribution >= 4 is 11.8 Å². The van der Waals surface area contributed by atoms with Crippen LogP contribution < -0.4 is 10.6 Å². The highest BCUT2D eigenvalue weighted by Gasteiger charge is 2.25. The maximum atomic E-state index is 12.7. The van der Waals surface area contributed by atoms with Crippen molar-refractivity contribution in [2.24, 2.45) is 5.92 Å². The molecule has 0 fully saturated rings. The van der Waals surface area contributed by atoms with E-state index in [9.17, 15) is 9.59 Å². The smallest absolute Gasteiger partial charge is 0.251 e. The predicted molar refractivity (Wildman–Crippen MR) is 110 cm³/mol. The fourth-order valence-corrected chi connectivity index (χ4v) is 2.90. The van der Waals surface area contributed by atoms with Crippen molar-refractivity contribution < 1.29 is 9.59 Å². The van der Waals surface area contributed by atoms with E-state index in [2.05, 4.69) is 22.8 Å². The first-order valence-electron chi connectivity index (χ1n) is 9.58. The van der Waals surface area contributed by atoms with Crippen molar-refractivity contribution in [1.82, 2.24) is 10.6 Å². The van der Waals surface area contributed by atoms with Gasteiger partial charge in [-0.1, -0.05) is 61.9 Å². The van der Waals surface area contributed by atoms with E-state index >= 15 is 0 Å². The number of aryl methyl sites for hydroxylation is 2. The Kier molecular flexibility index (Phi) is 7.59. The van der Waals surface area contributed by atoms with Gasteiger partial charge in [-0.2, -0.15) is 0 Å². The third-order valence-electron chi connectivity index (χ3n) is 4.65.